The van der Waals surface area contributed by atoms with E-state index < -0.39 is 5.60 Å². The Morgan fingerprint density at radius 3 is 2.06 bits per heavy atom. The van der Waals surface area contributed by atoms with Crippen LogP contribution < -0.4 is 10.6 Å². The Morgan fingerprint density at radius 1 is 0.806 bits per heavy atom. The van der Waals surface area contributed by atoms with E-state index in [1.807, 2.05) is 20.8 Å². The van der Waals surface area contributed by atoms with Gasteiger partial charge in [0.2, 0.25) is 0 Å². The van der Waals surface area contributed by atoms with Gasteiger partial charge in [-0.15, -0.1) is 0 Å². The van der Waals surface area contributed by atoms with Gasteiger partial charge >= 0.3 is 12.1 Å². The van der Waals surface area contributed by atoms with Crippen LogP contribution in [0.4, 0.5) is 4.79 Å². The van der Waals surface area contributed by atoms with Gasteiger partial charge in [-0.25, -0.2) is 4.79 Å². The highest BCUT2D eigenvalue weighted by Gasteiger charge is 2.15. The molecule has 6 heteroatoms. The highest BCUT2D eigenvalue weighted by atomic mass is 16.6. The molecule has 0 aliphatic rings. The van der Waals surface area contributed by atoms with Gasteiger partial charge in [-0.05, 0) is 65.5 Å². The molecule has 0 aromatic heterocycles. The lowest BCUT2D eigenvalue weighted by molar-refractivity contribution is -0.144. The molecule has 0 aromatic rings. The molecular weight excluding hydrogens is 392 g/mol. The molecule has 0 saturated heterocycles. The van der Waals surface area contributed by atoms with Gasteiger partial charge in [0.15, 0.2) is 0 Å². The van der Waals surface area contributed by atoms with E-state index in [4.69, 9.17) is 9.47 Å². The summed E-state index contributed by atoms with van der Waals surface area (Å²) in [5.41, 5.74) is -0.450. The fourth-order valence-electron chi connectivity index (χ4n) is 3.55. The van der Waals surface area contributed by atoms with Crippen molar-refractivity contribution in [1.29, 1.82) is 0 Å². The predicted octanol–water partition coefficient (Wildman–Crippen LogP) is 5.98. The molecule has 0 radical (unpaired) electrons. The summed E-state index contributed by atoms with van der Waals surface area (Å²) in [6, 6.07) is 0. The molecular formula is C25H50N2O4. The fraction of sp³-hybridized carbons (Fsp3) is 0.920. The first-order valence-corrected chi connectivity index (χ1v) is 12.6. The quantitative estimate of drug-likeness (QED) is 0.190. The van der Waals surface area contributed by atoms with Crippen molar-refractivity contribution in [2.45, 2.75) is 117 Å². The number of alkyl carbamates (subject to hydrolysis) is 1. The zero-order valence-corrected chi connectivity index (χ0v) is 21.0. The number of nitrogens with one attached hydrogen (secondary N) is 2. The number of carbonyl (C=O) groups excluding carboxylic acids is 2. The third kappa shape index (κ3) is 21.7. The van der Waals surface area contributed by atoms with E-state index >= 15 is 0 Å². The van der Waals surface area contributed by atoms with Gasteiger partial charge < -0.3 is 20.1 Å². The number of ether oxygens (including phenoxy) is 2. The van der Waals surface area contributed by atoms with E-state index in [9.17, 15) is 9.59 Å². The van der Waals surface area contributed by atoms with E-state index in [1.165, 1.54) is 32.1 Å². The number of unbranched alkanes of at least 4 members (excludes halogenated alkanes) is 4. The summed E-state index contributed by atoms with van der Waals surface area (Å²) in [5, 5.41) is 6.16. The molecule has 0 spiro atoms. The molecule has 0 heterocycles. The summed E-state index contributed by atoms with van der Waals surface area (Å²) in [6.45, 7) is 13.1. The minimum absolute atomic E-state index is 0.0339. The van der Waals surface area contributed by atoms with Crippen molar-refractivity contribution >= 4 is 12.1 Å². The molecule has 1 amide bonds. The second-order valence-electron chi connectivity index (χ2n) is 9.50. The Balaban J connectivity index is 3.40. The second kappa shape index (κ2) is 19.4. The summed E-state index contributed by atoms with van der Waals surface area (Å²) in [4.78, 5) is 23.3. The largest absolute Gasteiger partial charge is 0.466 e. The first-order chi connectivity index (χ1) is 14.8. The topological polar surface area (TPSA) is 76.7 Å². The summed E-state index contributed by atoms with van der Waals surface area (Å²) in [7, 11) is 0. The smallest absolute Gasteiger partial charge is 0.407 e. The van der Waals surface area contributed by atoms with E-state index in [-0.39, 0.29) is 12.1 Å². The predicted molar refractivity (Wildman–Crippen MR) is 128 cm³/mol. The van der Waals surface area contributed by atoms with Gasteiger partial charge in [0.25, 0.3) is 0 Å². The van der Waals surface area contributed by atoms with Crippen LogP contribution in [-0.4, -0.2) is 43.9 Å². The number of hydrogen-bond acceptors (Lipinski definition) is 5. The monoisotopic (exact) mass is 442 g/mol. The molecule has 184 valence electrons. The van der Waals surface area contributed by atoms with Gasteiger partial charge in [-0.3, -0.25) is 4.79 Å². The molecule has 0 bridgehead atoms. The van der Waals surface area contributed by atoms with E-state index in [0.29, 0.717) is 25.5 Å². The van der Waals surface area contributed by atoms with E-state index in [2.05, 4.69) is 24.5 Å². The zero-order chi connectivity index (χ0) is 23.4. The van der Waals surface area contributed by atoms with Gasteiger partial charge in [0, 0.05) is 13.0 Å². The first-order valence-electron chi connectivity index (χ1n) is 12.6. The molecule has 0 fully saturated rings. The number of amides is 1. The van der Waals surface area contributed by atoms with Crippen molar-refractivity contribution in [2.75, 3.05) is 26.2 Å². The van der Waals surface area contributed by atoms with Crippen LogP contribution in [0, 0.1) is 5.92 Å². The number of rotatable bonds is 19. The molecule has 0 unspecified atom stereocenters. The molecule has 0 atom stereocenters. The van der Waals surface area contributed by atoms with Crippen LogP contribution in [0.3, 0.4) is 0 Å². The van der Waals surface area contributed by atoms with Gasteiger partial charge in [0.05, 0.1) is 6.61 Å². The maximum Gasteiger partial charge on any atom is 0.407 e. The molecule has 0 aromatic carbocycles. The average molecular weight is 443 g/mol. The highest BCUT2D eigenvalue weighted by Crippen LogP contribution is 2.17. The number of esters is 1. The lowest BCUT2D eigenvalue weighted by Crippen LogP contribution is -2.34. The highest BCUT2D eigenvalue weighted by molar-refractivity contribution is 5.69. The molecule has 0 aliphatic carbocycles. The van der Waals surface area contributed by atoms with Gasteiger partial charge in [-0.2, -0.15) is 0 Å². The fourth-order valence-corrected chi connectivity index (χ4v) is 3.55. The van der Waals surface area contributed by atoms with Crippen LogP contribution in [0.15, 0.2) is 0 Å². The van der Waals surface area contributed by atoms with Crippen LogP contribution >= 0.6 is 0 Å². The molecule has 6 nitrogen and oxygen atoms in total. The summed E-state index contributed by atoms with van der Waals surface area (Å²) in [5.74, 6) is 0.672. The standard InChI is InChI=1S/C25H50N2O4/c1-6-14-22(15-7-2)17-21-30-23(28)16-11-9-8-10-12-18-26-19-13-20-27-24(29)31-25(3,4)5/h22,26H,6-21H2,1-5H3,(H,27,29). The number of hydrogen-bond donors (Lipinski definition) is 2. The lowest BCUT2D eigenvalue weighted by atomic mass is 9.95. The molecule has 0 saturated carbocycles. The maximum atomic E-state index is 11.8. The maximum absolute atomic E-state index is 11.8. The lowest BCUT2D eigenvalue weighted by Gasteiger charge is -2.19. The Bertz CT molecular complexity index is 443. The zero-order valence-electron chi connectivity index (χ0n) is 21.0. The van der Waals surface area contributed by atoms with Crippen LogP contribution in [-0.2, 0) is 14.3 Å². The third-order valence-electron chi connectivity index (χ3n) is 5.12. The normalized spacial score (nSPS) is 11.5. The number of carbonyl (C=O) groups is 2. The van der Waals surface area contributed by atoms with Crippen molar-refractivity contribution in [3.63, 3.8) is 0 Å². The summed E-state index contributed by atoms with van der Waals surface area (Å²) in [6.07, 6.45) is 12.5. The Labute approximate surface area is 191 Å². The molecule has 31 heavy (non-hydrogen) atoms. The van der Waals surface area contributed by atoms with Crippen molar-refractivity contribution < 1.29 is 19.1 Å². The van der Waals surface area contributed by atoms with E-state index in [1.54, 1.807) is 0 Å². The SMILES string of the molecule is CCCC(CCC)CCOC(=O)CCCCCCCNCCCNC(=O)OC(C)(C)C. The first kappa shape index (κ1) is 29.7. The van der Waals surface area contributed by atoms with Crippen LogP contribution in [0.2, 0.25) is 0 Å². The van der Waals surface area contributed by atoms with Crippen LogP contribution in [0.1, 0.15) is 112 Å². The van der Waals surface area contributed by atoms with Crippen LogP contribution in [0.5, 0.6) is 0 Å². The summed E-state index contributed by atoms with van der Waals surface area (Å²) < 4.78 is 10.6. The van der Waals surface area contributed by atoms with Crippen molar-refractivity contribution in [1.82, 2.24) is 10.6 Å². The van der Waals surface area contributed by atoms with Crippen molar-refractivity contribution in [3.05, 3.63) is 0 Å². The minimum Gasteiger partial charge on any atom is -0.466 e. The Morgan fingerprint density at radius 2 is 1.42 bits per heavy atom. The molecule has 2 N–H and O–H groups in total. The Kier molecular flexibility index (Phi) is 18.6. The minimum atomic E-state index is -0.450. The Hall–Kier alpha value is -1.30. The summed E-state index contributed by atoms with van der Waals surface area (Å²) >= 11 is 0. The molecule has 0 aliphatic heterocycles. The second-order valence-corrected chi connectivity index (χ2v) is 9.50. The van der Waals surface area contributed by atoms with Crippen LogP contribution in [0.25, 0.3) is 0 Å². The third-order valence-corrected chi connectivity index (χ3v) is 5.12. The van der Waals surface area contributed by atoms with Gasteiger partial charge in [0.1, 0.15) is 5.60 Å². The van der Waals surface area contributed by atoms with Gasteiger partial charge in [-0.1, -0.05) is 58.8 Å². The molecule has 0 rings (SSSR count). The average Bonchev–Trinajstić information content (AvgIpc) is 2.67. The van der Waals surface area contributed by atoms with Crippen molar-refractivity contribution in [2.24, 2.45) is 5.92 Å². The van der Waals surface area contributed by atoms with Crippen molar-refractivity contribution in [3.8, 4) is 0 Å². The van der Waals surface area contributed by atoms with E-state index in [0.717, 1.165) is 51.6 Å².